The largest absolute Gasteiger partial charge is 0.472 e. The van der Waals surface area contributed by atoms with Gasteiger partial charge in [-0.2, -0.15) is 0 Å². The molecule has 14 heteroatoms. The molecule has 1 aliphatic heterocycles. The molecule has 0 radical (unpaired) electrons. The number of hydrogen-bond donors (Lipinski definition) is 5. The number of nitrogen functional groups attached to an aromatic ring is 1. The van der Waals surface area contributed by atoms with Crippen LogP contribution in [0.1, 0.15) is 6.23 Å². The van der Waals surface area contributed by atoms with Crippen LogP contribution in [0.25, 0.3) is 11.2 Å². The number of imidazole rings is 1. The minimum absolute atomic E-state index is 0.111. The fourth-order valence-electron chi connectivity index (χ4n) is 2.38. The number of nitrogens with zero attached hydrogens (tertiary/aromatic N) is 4. The molecule has 1 unspecified atom stereocenters. The minimum Gasteiger partial charge on any atom is -0.472 e. The molecule has 0 amide bonds. The molecule has 3 rings (SSSR count). The molecular weight excluding hydrogens is 361 g/mol. The van der Waals surface area contributed by atoms with Crippen LogP contribution in [0.4, 0.5) is 10.6 Å². The molecule has 6 N–H and O–H groups in total. The summed E-state index contributed by atoms with van der Waals surface area (Å²) in [7, 11) is -4.90. The van der Waals surface area contributed by atoms with Gasteiger partial charge in [-0.05, 0) is 0 Å². The molecule has 1 saturated heterocycles. The van der Waals surface area contributed by atoms with Gasteiger partial charge in [-0.3, -0.25) is 9.09 Å². The number of ether oxygens (including phenoxy) is 1. The third kappa shape index (κ3) is 3.08. The van der Waals surface area contributed by atoms with E-state index in [-0.39, 0.29) is 17.0 Å². The van der Waals surface area contributed by atoms with Gasteiger partial charge in [-0.15, -0.1) is 0 Å². The van der Waals surface area contributed by atoms with Gasteiger partial charge in [0.05, 0.1) is 12.9 Å². The van der Waals surface area contributed by atoms with Crippen molar-refractivity contribution in [3.63, 3.8) is 0 Å². The number of fused-ring (bicyclic) bond motifs is 1. The molecule has 0 bridgehead atoms. The number of aliphatic hydroxyl groups is 2. The Bertz CT molecular complexity index is 858. The van der Waals surface area contributed by atoms with Gasteiger partial charge >= 0.3 is 13.3 Å². The van der Waals surface area contributed by atoms with E-state index in [1.165, 1.54) is 17.2 Å². The number of carbonyl (C=O) groups is 1. The lowest BCUT2D eigenvalue weighted by molar-refractivity contribution is -0.0483. The van der Waals surface area contributed by atoms with Crippen LogP contribution in [0.5, 0.6) is 0 Å². The fraction of sp³-hybridized carbons (Fsp3) is 0.455. The Kier molecular flexibility index (Phi) is 4.45. The van der Waals surface area contributed by atoms with Crippen LogP contribution in [-0.4, -0.2) is 70.4 Å². The molecular formula is C11H14N5O8P. The van der Waals surface area contributed by atoms with Crippen molar-refractivity contribution in [2.45, 2.75) is 24.5 Å². The summed E-state index contributed by atoms with van der Waals surface area (Å²) in [6.07, 6.45) is -2.90. The monoisotopic (exact) mass is 375 g/mol. The number of rotatable bonds is 5. The van der Waals surface area contributed by atoms with Crippen molar-refractivity contribution in [2.24, 2.45) is 0 Å². The van der Waals surface area contributed by atoms with Gasteiger partial charge in [0.1, 0.15) is 30.2 Å². The highest BCUT2D eigenvalue weighted by Gasteiger charge is 2.45. The fourth-order valence-corrected chi connectivity index (χ4v) is 2.84. The molecule has 3 heterocycles. The average molecular weight is 375 g/mol. The Morgan fingerprint density at radius 2 is 2.08 bits per heavy atom. The van der Waals surface area contributed by atoms with Crippen molar-refractivity contribution in [3.05, 3.63) is 12.7 Å². The van der Waals surface area contributed by atoms with E-state index in [2.05, 4.69) is 19.5 Å². The van der Waals surface area contributed by atoms with Gasteiger partial charge in [-0.25, -0.2) is 24.3 Å². The number of aromatic nitrogens is 4. The number of aliphatic hydroxyl groups excluding tert-OH is 2. The maximum Gasteiger partial charge on any atom is 0.435 e. The van der Waals surface area contributed by atoms with Crippen LogP contribution in [-0.2, 0) is 13.8 Å². The van der Waals surface area contributed by atoms with Crippen LogP contribution in [0, 0.1) is 0 Å². The summed E-state index contributed by atoms with van der Waals surface area (Å²) in [5.41, 5.74) is 4.13. The smallest absolute Gasteiger partial charge is 0.435 e. The van der Waals surface area contributed by atoms with E-state index in [0.29, 0.717) is 0 Å². The van der Waals surface area contributed by atoms with Gasteiger partial charge in [0.15, 0.2) is 17.7 Å². The van der Waals surface area contributed by atoms with Crippen molar-refractivity contribution in [1.82, 2.24) is 19.5 Å². The molecule has 1 fully saturated rings. The quantitative estimate of drug-likeness (QED) is 0.395. The average Bonchev–Trinajstić information content (AvgIpc) is 3.09. The summed E-state index contributed by atoms with van der Waals surface area (Å²) in [5.74, 6) is 0.111. The van der Waals surface area contributed by atoms with Crippen molar-refractivity contribution in [3.8, 4) is 0 Å². The molecule has 5 atom stereocenters. The Morgan fingerprint density at radius 1 is 1.36 bits per heavy atom. The van der Waals surface area contributed by atoms with Crippen molar-refractivity contribution >= 4 is 30.3 Å². The maximum atomic E-state index is 11.3. The molecule has 0 aliphatic carbocycles. The van der Waals surface area contributed by atoms with Crippen molar-refractivity contribution in [2.75, 3.05) is 12.3 Å². The van der Waals surface area contributed by atoms with E-state index in [1.807, 2.05) is 0 Å². The zero-order valence-corrected chi connectivity index (χ0v) is 13.3. The van der Waals surface area contributed by atoms with E-state index in [9.17, 15) is 19.6 Å². The highest BCUT2D eigenvalue weighted by atomic mass is 31.2. The first kappa shape index (κ1) is 17.7. The van der Waals surface area contributed by atoms with Gasteiger partial charge in [0, 0.05) is 0 Å². The van der Waals surface area contributed by atoms with E-state index in [1.54, 1.807) is 0 Å². The summed E-state index contributed by atoms with van der Waals surface area (Å²) < 4.78 is 22.4. The summed E-state index contributed by atoms with van der Waals surface area (Å²) in [5, 5.41) is 28.7. The summed E-state index contributed by atoms with van der Waals surface area (Å²) in [6, 6.07) is 0. The summed E-state index contributed by atoms with van der Waals surface area (Å²) in [6.45, 7) is -0.724. The number of hydrogen-bond acceptors (Lipinski definition) is 10. The minimum atomic E-state index is -4.90. The molecule has 136 valence electrons. The van der Waals surface area contributed by atoms with Crippen LogP contribution in [0.15, 0.2) is 12.7 Å². The summed E-state index contributed by atoms with van der Waals surface area (Å²) in [4.78, 5) is 31.4. The standard InChI is InChI=1S/C11H14N5O8P/c12-8-5-9(14-2-13-8)16(3-15-5)10-7(18)6(17)4(24-10)1-23-25(21,22)11(19)20/h2-4,6-7,10,17-18H,1H2,(H,19,20)(H,21,22)(H2,12,13,14)/t4-,6-,7-,10-/m1/s1. The van der Waals surface area contributed by atoms with E-state index >= 15 is 0 Å². The second-order valence-corrected chi connectivity index (χ2v) is 6.91. The first-order valence-electron chi connectivity index (χ1n) is 6.88. The zero-order chi connectivity index (χ0) is 18.4. The van der Waals surface area contributed by atoms with E-state index < -0.39 is 44.5 Å². The molecule has 0 saturated carbocycles. The molecule has 25 heavy (non-hydrogen) atoms. The first-order chi connectivity index (χ1) is 11.7. The number of carboxylic acid groups (broad SMARTS) is 1. The highest BCUT2D eigenvalue weighted by molar-refractivity contribution is 7.70. The maximum absolute atomic E-state index is 11.3. The molecule has 0 aromatic carbocycles. The van der Waals surface area contributed by atoms with Crippen molar-refractivity contribution in [1.29, 1.82) is 0 Å². The molecule has 0 spiro atoms. The lowest BCUT2D eigenvalue weighted by Crippen LogP contribution is -2.33. The van der Waals surface area contributed by atoms with Gasteiger partial charge in [-0.1, -0.05) is 0 Å². The third-order valence-corrected chi connectivity index (χ3v) is 4.64. The molecule has 13 nitrogen and oxygen atoms in total. The van der Waals surface area contributed by atoms with Crippen LogP contribution >= 0.6 is 7.60 Å². The SMILES string of the molecule is Nc1ncnc2c1ncn2[C@@H]1O[C@H](COP(=O)(O)C(=O)O)[C@@H](O)[C@H]1O. The number of anilines is 1. The van der Waals surface area contributed by atoms with Crippen LogP contribution in [0.2, 0.25) is 0 Å². The third-order valence-electron chi connectivity index (χ3n) is 3.65. The second kappa shape index (κ2) is 6.29. The molecule has 2 aromatic rings. The summed E-state index contributed by atoms with van der Waals surface area (Å²) >= 11 is 0. The second-order valence-electron chi connectivity index (χ2n) is 5.23. The van der Waals surface area contributed by atoms with Crippen LogP contribution < -0.4 is 5.73 Å². The Hall–Kier alpha value is -2.15. The van der Waals surface area contributed by atoms with Crippen LogP contribution in [0.3, 0.4) is 0 Å². The predicted octanol–water partition coefficient (Wildman–Crippen LogP) is -1.09. The van der Waals surface area contributed by atoms with Gasteiger partial charge in [0.25, 0.3) is 0 Å². The van der Waals surface area contributed by atoms with E-state index in [0.717, 1.165) is 0 Å². The zero-order valence-electron chi connectivity index (χ0n) is 12.4. The first-order valence-corrected chi connectivity index (χ1v) is 8.45. The normalized spacial score (nSPS) is 28.9. The Balaban J connectivity index is 1.81. The Labute approximate surface area is 139 Å². The van der Waals surface area contributed by atoms with Gasteiger partial charge in [0.2, 0.25) is 0 Å². The Morgan fingerprint density at radius 3 is 2.76 bits per heavy atom. The number of nitrogens with two attached hydrogens (primary N) is 1. The highest BCUT2D eigenvalue weighted by Crippen LogP contribution is 2.43. The topological polar surface area (TPSA) is 203 Å². The molecule has 1 aliphatic rings. The van der Waals surface area contributed by atoms with E-state index in [4.69, 9.17) is 20.5 Å². The van der Waals surface area contributed by atoms with Crippen molar-refractivity contribution < 1.29 is 38.8 Å². The van der Waals surface area contributed by atoms with Gasteiger partial charge < -0.3 is 30.7 Å². The lowest BCUT2D eigenvalue weighted by Gasteiger charge is -2.16. The molecule has 2 aromatic heterocycles. The lowest BCUT2D eigenvalue weighted by atomic mass is 10.1. The predicted molar refractivity (Wildman–Crippen MR) is 79.5 cm³/mol.